The van der Waals surface area contributed by atoms with E-state index in [1.807, 2.05) is 24.0 Å². The topological polar surface area (TPSA) is 84.9 Å². The molecule has 1 fully saturated rings. The van der Waals surface area contributed by atoms with Crippen LogP contribution in [0.5, 0.6) is 0 Å². The first-order chi connectivity index (χ1) is 16.4. The zero-order chi connectivity index (χ0) is 24.1. The maximum atomic E-state index is 12.8. The third-order valence-corrected chi connectivity index (χ3v) is 6.97. The van der Waals surface area contributed by atoms with Crippen LogP contribution in [-0.2, 0) is 13.0 Å². The van der Waals surface area contributed by atoms with E-state index in [-0.39, 0.29) is 18.5 Å². The molecule has 1 saturated heterocycles. The molecule has 0 bridgehead atoms. The number of urea groups is 1. The summed E-state index contributed by atoms with van der Waals surface area (Å²) in [5, 5.41) is 16.0. The molecule has 3 amide bonds. The van der Waals surface area contributed by atoms with Crippen molar-refractivity contribution in [2.75, 3.05) is 38.0 Å². The highest BCUT2D eigenvalue weighted by Gasteiger charge is 2.22. The lowest BCUT2D eigenvalue weighted by Crippen LogP contribution is -2.43. The summed E-state index contributed by atoms with van der Waals surface area (Å²) in [6, 6.07) is 13.4. The first-order valence-electron chi connectivity index (χ1n) is 12.3. The third kappa shape index (κ3) is 6.15. The van der Waals surface area contributed by atoms with Crippen molar-refractivity contribution in [3.63, 3.8) is 0 Å². The smallest absolute Gasteiger partial charge is 0.319 e. The first kappa shape index (κ1) is 24.2. The number of nitrogens with zero attached hydrogens (tertiary/aromatic N) is 2. The zero-order valence-electron chi connectivity index (χ0n) is 20.2. The molecule has 0 spiro atoms. The van der Waals surface area contributed by atoms with Gasteiger partial charge in [-0.15, -0.1) is 0 Å². The van der Waals surface area contributed by atoms with E-state index < -0.39 is 6.10 Å². The maximum Gasteiger partial charge on any atom is 0.319 e. The minimum absolute atomic E-state index is 0.0504. The number of anilines is 1. The van der Waals surface area contributed by atoms with Crippen molar-refractivity contribution in [3.8, 4) is 0 Å². The van der Waals surface area contributed by atoms with E-state index in [9.17, 15) is 14.7 Å². The van der Waals surface area contributed by atoms with Gasteiger partial charge in [-0.3, -0.25) is 9.69 Å². The molecule has 1 unspecified atom stereocenters. The lowest BCUT2D eigenvalue weighted by molar-refractivity contribution is 0.0697. The van der Waals surface area contributed by atoms with E-state index in [4.69, 9.17) is 0 Å². The monoisotopic (exact) mass is 464 g/mol. The van der Waals surface area contributed by atoms with Crippen LogP contribution in [0.2, 0.25) is 0 Å². The van der Waals surface area contributed by atoms with Crippen LogP contribution in [0.25, 0.3) is 0 Å². The highest BCUT2D eigenvalue weighted by atomic mass is 16.3. The fraction of sp³-hybridized carbons (Fsp3) is 0.481. The van der Waals surface area contributed by atoms with Crippen molar-refractivity contribution in [1.82, 2.24) is 15.1 Å². The third-order valence-electron chi connectivity index (χ3n) is 6.97. The Morgan fingerprint density at radius 3 is 2.56 bits per heavy atom. The Bertz CT molecular complexity index is 1020. The van der Waals surface area contributed by atoms with Gasteiger partial charge in [0.05, 0.1) is 6.10 Å². The molecule has 7 heteroatoms. The van der Waals surface area contributed by atoms with Crippen LogP contribution < -0.4 is 10.6 Å². The number of aryl methyl sites for hydroxylation is 1. The molecule has 2 aliphatic heterocycles. The van der Waals surface area contributed by atoms with Crippen LogP contribution in [-0.4, -0.2) is 65.7 Å². The summed E-state index contributed by atoms with van der Waals surface area (Å²) in [5.74, 6) is 0.723. The molecule has 1 atom stereocenters. The number of hydrogen-bond donors (Lipinski definition) is 3. The van der Waals surface area contributed by atoms with Gasteiger partial charge in [0.2, 0.25) is 0 Å². The summed E-state index contributed by atoms with van der Waals surface area (Å²) in [6.45, 7) is 8.12. The van der Waals surface area contributed by atoms with Gasteiger partial charge < -0.3 is 20.6 Å². The molecule has 4 rings (SSSR count). The van der Waals surface area contributed by atoms with Gasteiger partial charge in [0, 0.05) is 50.5 Å². The van der Waals surface area contributed by atoms with Crippen LogP contribution in [0.3, 0.4) is 0 Å². The summed E-state index contributed by atoms with van der Waals surface area (Å²) < 4.78 is 0. The van der Waals surface area contributed by atoms with Crippen LogP contribution in [0.4, 0.5) is 10.5 Å². The number of carbonyl (C=O) groups is 2. The molecule has 34 heavy (non-hydrogen) atoms. The molecule has 0 radical (unpaired) electrons. The predicted molar refractivity (Wildman–Crippen MR) is 134 cm³/mol. The lowest BCUT2D eigenvalue weighted by atomic mass is 9.98. The molecule has 0 aliphatic carbocycles. The van der Waals surface area contributed by atoms with E-state index >= 15 is 0 Å². The largest absolute Gasteiger partial charge is 0.390 e. The summed E-state index contributed by atoms with van der Waals surface area (Å²) in [5.41, 5.74) is 4.82. The molecule has 2 heterocycles. The van der Waals surface area contributed by atoms with Gasteiger partial charge in [-0.05, 0) is 67.0 Å². The van der Waals surface area contributed by atoms with Crippen molar-refractivity contribution < 1.29 is 14.7 Å². The second kappa shape index (κ2) is 11.0. The van der Waals surface area contributed by atoms with E-state index in [0.29, 0.717) is 23.7 Å². The minimum Gasteiger partial charge on any atom is -0.390 e. The van der Waals surface area contributed by atoms with E-state index in [1.54, 1.807) is 12.1 Å². The number of rotatable bonds is 6. The Morgan fingerprint density at radius 2 is 1.82 bits per heavy atom. The molecule has 182 valence electrons. The summed E-state index contributed by atoms with van der Waals surface area (Å²) in [6.07, 6.45) is 2.42. The number of amides is 3. The molecule has 2 aromatic rings. The zero-order valence-corrected chi connectivity index (χ0v) is 20.2. The highest BCUT2D eigenvalue weighted by molar-refractivity contribution is 5.96. The van der Waals surface area contributed by atoms with Gasteiger partial charge in [-0.25, -0.2) is 4.79 Å². The second-order valence-corrected chi connectivity index (χ2v) is 9.75. The Labute approximate surface area is 202 Å². The number of aliphatic hydroxyl groups excluding tert-OH is 1. The molecule has 2 aliphatic rings. The van der Waals surface area contributed by atoms with E-state index in [2.05, 4.69) is 40.7 Å². The van der Waals surface area contributed by atoms with Gasteiger partial charge in [0.15, 0.2) is 0 Å². The summed E-state index contributed by atoms with van der Waals surface area (Å²) in [4.78, 5) is 29.3. The number of benzene rings is 2. The second-order valence-electron chi connectivity index (χ2n) is 9.75. The van der Waals surface area contributed by atoms with E-state index in [1.165, 1.54) is 11.1 Å². The van der Waals surface area contributed by atoms with E-state index in [0.717, 1.165) is 51.0 Å². The number of likely N-dealkylation sites (tertiary alicyclic amines) is 1. The number of fused-ring (bicyclic) bond motifs is 1. The number of piperidine rings is 1. The SMILES string of the molecule is Cc1cc(C(=O)N2CCC(C)CC2)ccc1NC(=O)NCC(O)CN1CCc2ccccc2C1. The lowest BCUT2D eigenvalue weighted by Gasteiger charge is -2.30. The normalized spacial score (nSPS) is 17.7. The number of carbonyl (C=O) groups excluding carboxylic acids is 2. The van der Waals surface area contributed by atoms with Crippen molar-refractivity contribution in [2.45, 2.75) is 45.8 Å². The van der Waals surface area contributed by atoms with Gasteiger partial charge in [0.1, 0.15) is 0 Å². The van der Waals surface area contributed by atoms with Gasteiger partial charge in [0.25, 0.3) is 5.91 Å². The fourth-order valence-corrected chi connectivity index (χ4v) is 4.78. The fourth-order valence-electron chi connectivity index (χ4n) is 4.78. The average molecular weight is 465 g/mol. The molecule has 0 saturated carbocycles. The first-order valence-corrected chi connectivity index (χ1v) is 12.3. The van der Waals surface area contributed by atoms with Gasteiger partial charge in [-0.1, -0.05) is 31.2 Å². The number of nitrogens with one attached hydrogen (secondary N) is 2. The Balaban J connectivity index is 1.23. The van der Waals surface area contributed by atoms with Crippen LogP contribution in [0.15, 0.2) is 42.5 Å². The predicted octanol–water partition coefficient (Wildman–Crippen LogP) is 3.41. The van der Waals surface area contributed by atoms with Crippen molar-refractivity contribution in [2.24, 2.45) is 5.92 Å². The Hall–Kier alpha value is -2.90. The average Bonchev–Trinajstić information content (AvgIpc) is 2.84. The molecular weight excluding hydrogens is 428 g/mol. The quantitative estimate of drug-likeness (QED) is 0.612. The summed E-state index contributed by atoms with van der Waals surface area (Å²) >= 11 is 0. The van der Waals surface area contributed by atoms with Gasteiger partial charge in [-0.2, -0.15) is 0 Å². The van der Waals surface area contributed by atoms with Crippen molar-refractivity contribution in [1.29, 1.82) is 0 Å². The molecular formula is C27H36N4O3. The Kier molecular flexibility index (Phi) is 7.85. The summed E-state index contributed by atoms with van der Waals surface area (Å²) in [7, 11) is 0. The van der Waals surface area contributed by atoms with Crippen LogP contribution in [0, 0.1) is 12.8 Å². The molecule has 2 aromatic carbocycles. The molecule has 7 nitrogen and oxygen atoms in total. The maximum absolute atomic E-state index is 12.8. The Morgan fingerprint density at radius 1 is 1.09 bits per heavy atom. The van der Waals surface area contributed by atoms with Crippen LogP contribution >= 0.6 is 0 Å². The number of β-amino-alcohol motifs (C(OH)–C–C–N with tert-alkyl or cyclic N) is 1. The van der Waals surface area contributed by atoms with Crippen molar-refractivity contribution in [3.05, 3.63) is 64.7 Å². The van der Waals surface area contributed by atoms with Crippen LogP contribution in [0.1, 0.15) is 46.8 Å². The van der Waals surface area contributed by atoms with Crippen molar-refractivity contribution >= 4 is 17.6 Å². The molecule has 0 aromatic heterocycles. The standard InChI is InChI=1S/C27H36N4O3/c1-19-9-13-31(14-10-19)26(33)22-7-8-25(20(2)15-22)29-27(34)28-16-24(32)18-30-12-11-21-5-3-4-6-23(21)17-30/h3-8,15,19,24,32H,9-14,16-18H2,1-2H3,(H2,28,29,34). The number of aliphatic hydroxyl groups is 1. The molecule has 3 N–H and O–H groups in total. The minimum atomic E-state index is -0.649. The highest BCUT2D eigenvalue weighted by Crippen LogP contribution is 2.22. The van der Waals surface area contributed by atoms with Gasteiger partial charge >= 0.3 is 6.03 Å². The number of hydrogen-bond acceptors (Lipinski definition) is 4.